The van der Waals surface area contributed by atoms with Crippen molar-refractivity contribution in [1.29, 1.82) is 0 Å². The first-order valence-corrected chi connectivity index (χ1v) is 29.4. The van der Waals surface area contributed by atoms with E-state index in [1.165, 1.54) is 18.2 Å². The molecule has 3 amide bonds. The van der Waals surface area contributed by atoms with Gasteiger partial charge in [-0.05, 0) is 202 Å². The van der Waals surface area contributed by atoms with E-state index >= 15 is 0 Å². The minimum atomic E-state index is -1.95. The van der Waals surface area contributed by atoms with Gasteiger partial charge in [-0.15, -0.1) is 0 Å². The molecule has 88 heavy (non-hydrogen) atoms. The molecular weight excluding hydrogens is 1120 g/mol. The zero-order valence-electron chi connectivity index (χ0n) is 48.8. The fraction of sp³-hybridized carbons (Fsp3) is 0.284. The molecule has 0 unspecified atom stereocenters. The molecule has 21 heteroatoms. The Kier molecular flexibility index (Phi) is 19.7. The fourth-order valence-electron chi connectivity index (χ4n) is 11.3. The van der Waals surface area contributed by atoms with Gasteiger partial charge in [0.25, 0.3) is 17.7 Å². The third kappa shape index (κ3) is 14.0. The van der Waals surface area contributed by atoms with E-state index in [0.29, 0.717) is 125 Å². The van der Waals surface area contributed by atoms with Gasteiger partial charge in [0.2, 0.25) is 0 Å². The number of nitrogens with one attached hydrogen (secondary N) is 6. The van der Waals surface area contributed by atoms with Gasteiger partial charge < -0.3 is 80.6 Å². The van der Waals surface area contributed by atoms with E-state index in [2.05, 4.69) is 30.9 Å². The number of Topliss-reactive ketones (excluding diaryl/α,β-unsaturated/α-hetero) is 3. The lowest BCUT2D eigenvalue weighted by molar-refractivity contribution is -0.134. The second kappa shape index (κ2) is 27.5. The van der Waals surface area contributed by atoms with Crippen LogP contribution in [0.1, 0.15) is 97.1 Å². The molecule has 0 aliphatic carbocycles. The molecule has 0 aliphatic rings. The Labute approximate surface area is 508 Å². The summed E-state index contributed by atoms with van der Waals surface area (Å²) < 4.78 is 0. The number of amides is 3. The quantitative estimate of drug-likeness (QED) is 0.0121. The van der Waals surface area contributed by atoms with Crippen molar-refractivity contribution in [3.63, 3.8) is 0 Å². The minimum absolute atomic E-state index is 0.0220. The summed E-state index contributed by atoms with van der Waals surface area (Å²) in [7, 11) is 0. The minimum Gasteiger partial charge on any atom is -0.508 e. The van der Waals surface area contributed by atoms with Crippen LogP contribution in [0.3, 0.4) is 0 Å². The highest BCUT2D eigenvalue weighted by Crippen LogP contribution is 2.36. The van der Waals surface area contributed by atoms with Crippen molar-refractivity contribution in [3.05, 3.63) is 179 Å². The van der Waals surface area contributed by atoms with Crippen molar-refractivity contribution in [2.75, 3.05) is 35.6 Å². The molecule has 0 fully saturated rings. The smallest absolute Gasteiger partial charge is 0.252 e. The van der Waals surface area contributed by atoms with Crippen molar-refractivity contribution < 1.29 is 44.1 Å². The number of nitrogens with two attached hydrogens (primary N) is 6. The Balaban J connectivity index is 0.990. The summed E-state index contributed by atoms with van der Waals surface area (Å²) in [5.74, 6) is -4.16. The molecular formula is C67H76N12O9. The largest absolute Gasteiger partial charge is 0.508 e. The molecule has 3 aromatic heterocycles. The highest BCUT2D eigenvalue weighted by atomic mass is 16.3. The summed E-state index contributed by atoms with van der Waals surface area (Å²) in [4.78, 5) is 94.8. The highest BCUT2D eigenvalue weighted by Gasteiger charge is 2.44. The molecule has 0 bridgehead atoms. The molecule has 0 radical (unpaired) electrons. The summed E-state index contributed by atoms with van der Waals surface area (Å²) in [6.45, 7) is 1.01. The average Bonchev–Trinajstić information content (AvgIpc) is 2.62. The lowest BCUT2D eigenvalue weighted by atomic mass is 9.83. The summed E-state index contributed by atoms with van der Waals surface area (Å²) >= 11 is 0. The monoisotopic (exact) mass is 1190 g/mol. The van der Waals surface area contributed by atoms with Crippen molar-refractivity contribution in [2.45, 2.75) is 99.6 Å². The first kappa shape index (κ1) is 63.0. The van der Waals surface area contributed by atoms with Crippen LogP contribution in [0.4, 0.5) is 17.1 Å². The number of phenolic OH excluding ortho intramolecular Hbond substituents is 3. The van der Waals surface area contributed by atoms with Crippen molar-refractivity contribution in [1.82, 2.24) is 15.0 Å². The lowest BCUT2D eigenvalue weighted by Gasteiger charge is -2.28. The standard InChI is InChI=1S/C67H76N12O9/c68-28-4-1-25-65(71,58(83)31-43-37-74-55-22-19-49(80)34-52(43)55)62(86)77-46-13-7-40(8-14-46)61(41-9-15-47(16-10-41)78-63(87)66(72,26-2-5-29-69)59(84)32-44-38-75-56-23-20-50(81)35-53(44)56)42-11-17-48(18-12-42)79-64(88)67(73,27-3-6-30-70)60(85)33-45-39-76-57-24-21-51(82)36-54(45)57/h7-24,34-39,61,74-76,80-82H,1-6,25-33,68-73H2,(H,77,86)(H,78,87)(H,79,88)/t65-,66-,67-/m1/s1. The Morgan fingerprint density at radius 3 is 0.898 bits per heavy atom. The lowest BCUT2D eigenvalue weighted by Crippen LogP contribution is -2.58. The second-order valence-electron chi connectivity index (χ2n) is 22.7. The average molecular weight is 1190 g/mol. The molecule has 9 rings (SSSR count). The number of aromatic nitrogens is 3. The van der Waals surface area contributed by atoms with Crippen molar-refractivity contribution in [2.24, 2.45) is 34.4 Å². The third-order valence-corrected chi connectivity index (χ3v) is 16.6. The van der Waals surface area contributed by atoms with Gasteiger partial charge in [-0.3, -0.25) is 28.8 Å². The molecule has 0 saturated carbocycles. The number of rotatable bonds is 30. The van der Waals surface area contributed by atoms with Gasteiger partial charge in [-0.25, -0.2) is 0 Å². The number of carbonyl (C=O) groups is 6. The van der Waals surface area contributed by atoms with Gasteiger partial charge in [0.15, 0.2) is 34.0 Å². The number of hydrogen-bond acceptors (Lipinski definition) is 15. The molecule has 0 saturated heterocycles. The number of anilines is 3. The van der Waals surface area contributed by atoms with E-state index in [9.17, 15) is 44.1 Å². The summed E-state index contributed by atoms with van der Waals surface area (Å²) in [5.41, 5.74) is 39.2. The maximum atomic E-state index is 14.3. The Hall–Kier alpha value is -9.48. The number of hydrogen-bond donors (Lipinski definition) is 15. The first-order valence-electron chi connectivity index (χ1n) is 29.4. The van der Waals surface area contributed by atoms with Crippen molar-refractivity contribution >= 4 is 84.8 Å². The van der Waals surface area contributed by atoms with E-state index in [0.717, 1.165) is 16.7 Å². The zero-order chi connectivity index (χ0) is 62.8. The van der Waals surface area contributed by atoms with Crippen LogP contribution in [0.15, 0.2) is 146 Å². The molecule has 21 nitrogen and oxygen atoms in total. The number of carbonyl (C=O) groups excluding carboxylic acids is 6. The van der Waals surface area contributed by atoms with Crippen LogP contribution in [0.2, 0.25) is 0 Å². The molecule has 458 valence electrons. The van der Waals surface area contributed by atoms with Gasteiger partial charge in [0, 0.05) is 93.5 Å². The molecule has 3 atom stereocenters. The number of unbranched alkanes of at least 4 members (excludes halogenated alkanes) is 3. The number of aromatic hydroxyl groups is 3. The predicted octanol–water partition coefficient (Wildman–Crippen LogP) is 7.16. The van der Waals surface area contributed by atoms with Crippen LogP contribution in [0, 0.1) is 0 Å². The van der Waals surface area contributed by atoms with Gasteiger partial charge in [-0.2, -0.15) is 0 Å². The topological polar surface area (TPSA) is 403 Å². The highest BCUT2D eigenvalue weighted by molar-refractivity contribution is 6.18. The Morgan fingerprint density at radius 1 is 0.386 bits per heavy atom. The summed E-state index contributed by atoms with van der Waals surface area (Å²) in [6, 6.07) is 35.4. The Bertz CT molecular complexity index is 3580. The van der Waals surface area contributed by atoms with E-state index < -0.39 is 57.6 Å². The van der Waals surface area contributed by atoms with E-state index in [4.69, 9.17) is 34.4 Å². The maximum Gasteiger partial charge on any atom is 0.252 e. The third-order valence-electron chi connectivity index (χ3n) is 16.6. The van der Waals surface area contributed by atoms with E-state index in [-0.39, 0.29) is 55.8 Å². The van der Waals surface area contributed by atoms with Gasteiger partial charge in [0.1, 0.15) is 17.2 Å². The first-order chi connectivity index (χ1) is 42.3. The normalized spacial score (nSPS) is 13.7. The molecule has 21 N–H and O–H groups in total. The SMILES string of the molecule is NCCCC[C@@](N)(C(=O)Cc1c[nH]c2ccc(O)cc12)C(=O)Nc1ccc(C(c2ccc(NC(=O)[C@@](N)(CCCCN)C(=O)Cc3c[nH]c4ccc(O)cc34)cc2)c2ccc(NC(=O)[C@@](N)(CCCCN)C(=O)Cc3c[nH]c4ccc(O)cc34)cc2)cc1. The molecule has 6 aromatic carbocycles. The second-order valence-corrected chi connectivity index (χ2v) is 22.7. The fourth-order valence-corrected chi connectivity index (χ4v) is 11.3. The number of phenols is 3. The molecule has 3 heterocycles. The van der Waals surface area contributed by atoms with Crippen LogP contribution in [-0.2, 0) is 48.0 Å². The maximum absolute atomic E-state index is 14.3. The summed E-state index contributed by atoms with van der Waals surface area (Å²) in [6.07, 6.45) is 7.32. The van der Waals surface area contributed by atoms with Crippen LogP contribution >= 0.6 is 0 Å². The van der Waals surface area contributed by atoms with Crippen LogP contribution in [0.5, 0.6) is 17.2 Å². The van der Waals surface area contributed by atoms with Crippen LogP contribution in [-0.4, -0.2) is 102 Å². The van der Waals surface area contributed by atoms with Crippen LogP contribution < -0.4 is 50.4 Å². The molecule has 0 spiro atoms. The number of ketones is 3. The predicted molar refractivity (Wildman–Crippen MR) is 342 cm³/mol. The van der Waals surface area contributed by atoms with Gasteiger partial charge in [0.05, 0.1) is 0 Å². The van der Waals surface area contributed by atoms with Gasteiger partial charge >= 0.3 is 0 Å². The van der Waals surface area contributed by atoms with Crippen molar-refractivity contribution in [3.8, 4) is 17.2 Å². The number of aromatic amines is 3. The Morgan fingerprint density at radius 2 is 0.648 bits per heavy atom. The number of H-pyrrole nitrogens is 3. The summed E-state index contributed by atoms with van der Waals surface area (Å²) in [5, 5.41) is 41.1. The number of fused-ring (bicyclic) bond motifs is 3. The van der Waals surface area contributed by atoms with Gasteiger partial charge in [-0.1, -0.05) is 36.4 Å². The van der Waals surface area contributed by atoms with E-state index in [1.807, 2.05) is 36.4 Å². The number of benzene rings is 6. The van der Waals surface area contributed by atoms with E-state index in [1.54, 1.807) is 91.4 Å². The zero-order valence-corrected chi connectivity index (χ0v) is 48.8. The molecule has 0 aliphatic heterocycles. The van der Waals surface area contributed by atoms with Crippen LogP contribution in [0.25, 0.3) is 32.7 Å². The molecule has 9 aromatic rings.